The van der Waals surface area contributed by atoms with Crippen molar-refractivity contribution in [1.82, 2.24) is 4.90 Å². The van der Waals surface area contributed by atoms with Gasteiger partial charge in [-0.1, -0.05) is 37.3 Å². The quantitative estimate of drug-likeness (QED) is 0.675. The van der Waals surface area contributed by atoms with Crippen molar-refractivity contribution in [2.45, 2.75) is 13.0 Å². The third-order valence-corrected chi connectivity index (χ3v) is 2.72. The molecule has 1 aliphatic heterocycles. The van der Waals surface area contributed by atoms with Crippen LogP contribution in [0.15, 0.2) is 30.3 Å². The van der Waals surface area contributed by atoms with Crippen molar-refractivity contribution in [3.63, 3.8) is 0 Å². The van der Waals surface area contributed by atoms with Crippen molar-refractivity contribution in [1.29, 1.82) is 0 Å². The first-order chi connectivity index (χ1) is 6.77. The van der Waals surface area contributed by atoms with Crippen molar-refractivity contribution < 1.29 is 4.74 Å². The SMILES string of the molecule is C[C@@H]1CN(C)CO[C@@H]1c1ccccc1. The van der Waals surface area contributed by atoms with Crippen LogP contribution in [0.1, 0.15) is 18.6 Å². The lowest BCUT2D eigenvalue weighted by Crippen LogP contribution is -2.37. The molecule has 1 fully saturated rings. The number of nitrogens with zero attached hydrogens (tertiary/aromatic N) is 1. The Bertz CT molecular complexity index is 286. The molecule has 1 aromatic rings. The first-order valence-corrected chi connectivity index (χ1v) is 5.12. The van der Waals surface area contributed by atoms with Crippen LogP contribution in [0.4, 0.5) is 0 Å². The summed E-state index contributed by atoms with van der Waals surface area (Å²) in [5.41, 5.74) is 1.30. The maximum absolute atomic E-state index is 5.81. The Morgan fingerprint density at radius 2 is 2.00 bits per heavy atom. The van der Waals surface area contributed by atoms with Gasteiger partial charge < -0.3 is 4.74 Å². The normalized spacial score (nSPS) is 29.0. The maximum atomic E-state index is 5.81. The molecule has 0 saturated carbocycles. The van der Waals surface area contributed by atoms with Crippen molar-refractivity contribution in [3.8, 4) is 0 Å². The van der Waals surface area contributed by atoms with E-state index in [-0.39, 0.29) is 6.10 Å². The highest BCUT2D eigenvalue weighted by molar-refractivity contribution is 5.18. The molecule has 0 bridgehead atoms. The van der Waals surface area contributed by atoms with E-state index >= 15 is 0 Å². The molecule has 0 aromatic heterocycles. The zero-order valence-corrected chi connectivity index (χ0v) is 8.81. The summed E-state index contributed by atoms with van der Waals surface area (Å²) in [6.45, 7) is 4.09. The van der Waals surface area contributed by atoms with Gasteiger partial charge in [0, 0.05) is 6.54 Å². The second-order valence-electron chi connectivity index (χ2n) is 4.14. The molecule has 1 saturated heterocycles. The summed E-state index contributed by atoms with van der Waals surface area (Å²) < 4.78 is 5.81. The van der Waals surface area contributed by atoms with Crippen LogP contribution in [0.3, 0.4) is 0 Å². The first kappa shape index (κ1) is 9.69. The van der Waals surface area contributed by atoms with Crippen LogP contribution in [-0.2, 0) is 4.74 Å². The van der Waals surface area contributed by atoms with Gasteiger partial charge in [0.2, 0.25) is 0 Å². The van der Waals surface area contributed by atoms with Gasteiger partial charge in [-0.25, -0.2) is 0 Å². The lowest BCUT2D eigenvalue weighted by molar-refractivity contribution is -0.0908. The van der Waals surface area contributed by atoms with Crippen LogP contribution < -0.4 is 0 Å². The van der Waals surface area contributed by atoms with E-state index in [0.717, 1.165) is 13.3 Å². The van der Waals surface area contributed by atoms with Gasteiger partial charge in [-0.2, -0.15) is 0 Å². The number of benzene rings is 1. The van der Waals surface area contributed by atoms with Gasteiger partial charge in [0.1, 0.15) is 0 Å². The van der Waals surface area contributed by atoms with Gasteiger partial charge in [-0.15, -0.1) is 0 Å². The summed E-state index contributed by atoms with van der Waals surface area (Å²) in [6, 6.07) is 10.5. The van der Waals surface area contributed by atoms with E-state index in [1.807, 2.05) is 6.07 Å². The van der Waals surface area contributed by atoms with Crippen molar-refractivity contribution in [2.24, 2.45) is 5.92 Å². The molecule has 1 aliphatic rings. The van der Waals surface area contributed by atoms with Crippen LogP contribution in [0.5, 0.6) is 0 Å². The highest BCUT2D eigenvalue weighted by atomic mass is 16.5. The number of ether oxygens (including phenoxy) is 1. The molecule has 14 heavy (non-hydrogen) atoms. The summed E-state index contributed by atoms with van der Waals surface area (Å²) in [4.78, 5) is 2.21. The van der Waals surface area contributed by atoms with Crippen molar-refractivity contribution >= 4 is 0 Å². The highest BCUT2D eigenvalue weighted by Gasteiger charge is 2.25. The molecular weight excluding hydrogens is 174 g/mol. The second kappa shape index (κ2) is 4.11. The summed E-state index contributed by atoms with van der Waals surface area (Å²) in [5, 5.41) is 0. The summed E-state index contributed by atoms with van der Waals surface area (Å²) >= 11 is 0. The molecular formula is C12H17NO. The number of rotatable bonds is 1. The Hall–Kier alpha value is -0.860. The van der Waals surface area contributed by atoms with Crippen LogP contribution in [0.2, 0.25) is 0 Å². The van der Waals surface area contributed by atoms with Gasteiger partial charge in [-0.05, 0) is 18.5 Å². The third-order valence-electron chi connectivity index (χ3n) is 2.72. The fourth-order valence-electron chi connectivity index (χ4n) is 2.08. The molecule has 0 amide bonds. The molecule has 2 nitrogen and oxygen atoms in total. The van der Waals surface area contributed by atoms with E-state index in [1.165, 1.54) is 5.56 Å². The zero-order chi connectivity index (χ0) is 9.97. The zero-order valence-electron chi connectivity index (χ0n) is 8.81. The second-order valence-corrected chi connectivity index (χ2v) is 4.14. The van der Waals surface area contributed by atoms with E-state index in [2.05, 4.69) is 43.1 Å². The Balaban J connectivity index is 2.12. The minimum atomic E-state index is 0.271. The standard InChI is InChI=1S/C12H17NO/c1-10-8-13(2)9-14-12(10)11-6-4-3-5-7-11/h3-7,10,12H,8-9H2,1-2H3/t10-,12+/m1/s1. The smallest absolute Gasteiger partial charge is 0.0996 e. The lowest BCUT2D eigenvalue weighted by atomic mass is 9.96. The molecule has 0 N–H and O–H groups in total. The molecule has 76 valence electrons. The predicted octanol–water partition coefficient (Wildman–Crippen LogP) is 2.28. The van der Waals surface area contributed by atoms with E-state index in [9.17, 15) is 0 Å². The first-order valence-electron chi connectivity index (χ1n) is 5.12. The van der Waals surface area contributed by atoms with Crippen LogP contribution in [0, 0.1) is 5.92 Å². The molecule has 2 atom stereocenters. The topological polar surface area (TPSA) is 12.5 Å². The molecule has 1 aromatic carbocycles. The van der Waals surface area contributed by atoms with Gasteiger partial charge in [0.25, 0.3) is 0 Å². The summed E-state index contributed by atoms with van der Waals surface area (Å²) in [6.07, 6.45) is 0.271. The average molecular weight is 191 g/mol. The average Bonchev–Trinajstić information content (AvgIpc) is 2.19. The number of hydrogen-bond acceptors (Lipinski definition) is 2. The number of hydrogen-bond donors (Lipinski definition) is 0. The lowest BCUT2D eigenvalue weighted by Gasteiger charge is -2.35. The highest BCUT2D eigenvalue weighted by Crippen LogP contribution is 2.29. The molecule has 0 radical (unpaired) electrons. The fourth-order valence-corrected chi connectivity index (χ4v) is 2.08. The maximum Gasteiger partial charge on any atom is 0.0996 e. The molecule has 0 spiro atoms. The minimum Gasteiger partial charge on any atom is -0.358 e. The van der Waals surface area contributed by atoms with E-state index < -0.39 is 0 Å². The molecule has 2 rings (SSSR count). The Kier molecular flexibility index (Phi) is 2.85. The Morgan fingerprint density at radius 1 is 1.29 bits per heavy atom. The van der Waals surface area contributed by atoms with E-state index in [4.69, 9.17) is 4.74 Å². The minimum absolute atomic E-state index is 0.271. The van der Waals surface area contributed by atoms with Gasteiger partial charge >= 0.3 is 0 Å². The Labute approximate surface area is 85.5 Å². The van der Waals surface area contributed by atoms with E-state index in [1.54, 1.807) is 0 Å². The fraction of sp³-hybridized carbons (Fsp3) is 0.500. The summed E-state index contributed by atoms with van der Waals surface area (Å²) in [7, 11) is 2.09. The molecule has 2 heteroatoms. The predicted molar refractivity (Wildman–Crippen MR) is 56.9 cm³/mol. The molecule has 0 unspecified atom stereocenters. The van der Waals surface area contributed by atoms with Crippen molar-refractivity contribution in [3.05, 3.63) is 35.9 Å². The largest absolute Gasteiger partial charge is 0.358 e. The van der Waals surface area contributed by atoms with Gasteiger partial charge in [-0.3, -0.25) is 4.90 Å². The van der Waals surface area contributed by atoms with Crippen molar-refractivity contribution in [2.75, 3.05) is 20.3 Å². The van der Waals surface area contributed by atoms with Crippen LogP contribution in [0.25, 0.3) is 0 Å². The molecule has 0 aliphatic carbocycles. The van der Waals surface area contributed by atoms with E-state index in [0.29, 0.717) is 5.92 Å². The van der Waals surface area contributed by atoms with Crippen LogP contribution >= 0.6 is 0 Å². The summed E-state index contributed by atoms with van der Waals surface area (Å²) in [5.74, 6) is 0.566. The van der Waals surface area contributed by atoms with Gasteiger partial charge in [0.15, 0.2) is 0 Å². The third kappa shape index (κ3) is 1.97. The van der Waals surface area contributed by atoms with Gasteiger partial charge in [0.05, 0.1) is 12.8 Å². The Morgan fingerprint density at radius 3 is 2.64 bits per heavy atom. The molecule has 1 heterocycles. The van der Waals surface area contributed by atoms with Crippen LogP contribution in [-0.4, -0.2) is 25.2 Å². The monoisotopic (exact) mass is 191 g/mol.